The molecule has 1 aromatic carbocycles. The zero-order valence-corrected chi connectivity index (χ0v) is 9.09. The van der Waals surface area contributed by atoms with E-state index in [1.54, 1.807) is 13.0 Å². The topological polar surface area (TPSA) is 43.1 Å². The summed E-state index contributed by atoms with van der Waals surface area (Å²) in [5.41, 5.74) is 2.67. The zero-order chi connectivity index (χ0) is 10.0. The number of nitro groups is 1. The van der Waals surface area contributed by atoms with Gasteiger partial charge in [-0.1, -0.05) is 28.1 Å². The van der Waals surface area contributed by atoms with Crippen LogP contribution in [0.5, 0.6) is 0 Å². The number of benzene rings is 1. The quantitative estimate of drug-likeness (QED) is 0.455. The second-order valence-electron chi connectivity index (χ2n) is 2.92. The summed E-state index contributed by atoms with van der Waals surface area (Å²) in [4.78, 5) is 10.4. The summed E-state index contributed by atoms with van der Waals surface area (Å²) in [6.07, 6.45) is 0. The van der Waals surface area contributed by atoms with Crippen LogP contribution in [0.25, 0.3) is 0 Å². The summed E-state index contributed by atoms with van der Waals surface area (Å²) >= 11 is 3.26. The van der Waals surface area contributed by atoms with Gasteiger partial charge in [0.25, 0.3) is 5.69 Å². The number of rotatable bonds is 2. The third-order valence-electron chi connectivity index (χ3n) is 2.03. The van der Waals surface area contributed by atoms with Crippen molar-refractivity contribution in [1.29, 1.82) is 0 Å². The fraction of sp³-hybridized carbons (Fsp3) is 0.333. The van der Waals surface area contributed by atoms with Crippen molar-refractivity contribution in [3.05, 3.63) is 38.9 Å². The molecule has 0 aliphatic rings. The number of aryl methyl sites for hydroxylation is 2. The van der Waals surface area contributed by atoms with Gasteiger partial charge in [-0.2, -0.15) is 0 Å². The van der Waals surface area contributed by atoms with Gasteiger partial charge < -0.3 is 0 Å². The minimum atomic E-state index is -0.321. The SMILES string of the molecule is Cc1ccc(C)c([N+](=O)[O-])c1CBr. The Morgan fingerprint density at radius 2 is 1.92 bits per heavy atom. The lowest BCUT2D eigenvalue weighted by Gasteiger charge is -2.05. The van der Waals surface area contributed by atoms with Crippen LogP contribution < -0.4 is 0 Å². The molecule has 0 aliphatic carbocycles. The zero-order valence-electron chi connectivity index (χ0n) is 7.50. The van der Waals surface area contributed by atoms with E-state index in [0.29, 0.717) is 10.9 Å². The molecule has 0 bridgehead atoms. The molecular formula is C9H10BrNO2. The highest BCUT2D eigenvalue weighted by Crippen LogP contribution is 2.27. The van der Waals surface area contributed by atoms with E-state index in [9.17, 15) is 10.1 Å². The van der Waals surface area contributed by atoms with Gasteiger partial charge in [0.05, 0.1) is 4.92 Å². The minimum absolute atomic E-state index is 0.233. The van der Waals surface area contributed by atoms with Gasteiger partial charge in [0.2, 0.25) is 0 Å². The standard InChI is InChI=1S/C9H10BrNO2/c1-6-3-4-7(2)9(11(12)13)8(6)5-10/h3-4H,5H2,1-2H3. The van der Waals surface area contributed by atoms with E-state index in [0.717, 1.165) is 11.1 Å². The monoisotopic (exact) mass is 243 g/mol. The van der Waals surface area contributed by atoms with Gasteiger partial charge in [0, 0.05) is 16.5 Å². The molecule has 0 aliphatic heterocycles. The largest absolute Gasteiger partial charge is 0.276 e. The molecule has 0 radical (unpaired) electrons. The van der Waals surface area contributed by atoms with Gasteiger partial charge in [-0.3, -0.25) is 10.1 Å². The molecule has 70 valence electrons. The maximum Gasteiger partial charge on any atom is 0.276 e. The Morgan fingerprint density at radius 3 is 2.31 bits per heavy atom. The van der Waals surface area contributed by atoms with Gasteiger partial charge in [-0.25, -0.2) is 0 Å². The molecule has 13 heavy (non-hydrogen) atoms. The van der Waals surface area contributed by atoms with Crippen LogP contribution in [0.2, 0.25) is 0 Å². The van der Waals surface area contributed by atoms with Crippen molar-refractivity contribution >= 4 is 21.6 Å². The third-order valence-corrected chi connectivity index (χ3v) is 2.60. The second kappa shape index (κ2) is 3.87. The Labute approximate surface area is 85.0 Å². The first kappa shape index (κ1) is 10.2. The maximum atomic E-state index is 10.7. The van der Waals surface area contributed by atoms with Crippen LogP contribution in [-0.2, 0) is 5.33 Å². The summed E-state index contributed by atoms with van der Waals surface area (Å²) in [6.45, 7) is 3.63. The predicted molar refractivity (Wildman–Crippen MR) is 55.2 cm³/mol. The highest BCUT2D eigenvalue weighted by Gasteiger charge is 2.17. The Balaban J connectivity index is 3.43. The molecule has 0 amide bonds. The number of hydrogen-bond donors (Lipinski definition) is 0. The first-order valence-electron chi connectivity index (χ1n) is 3.87. The van der Waals surface area contributed by atoms with Crippen molar-refractivity contribution in [3.8, 4) is 0 Å². The number of nitrogens with zero attached hydrogens (tertiary/aromatic N) is 1. The Hall–Kier alpha value is -0.900. The van der Waals surface area contributed by atoms with E-state index in [2.05, 4.69) is 15.9 Å². The van der Waals surface area contributed by atoms with E-state index in [1.807, 2.05) is 13.0 Å². The maximum absolute atomic E-state index is 10.7. The minimum Gasteiger partial charge on any atom is -0.258 e. The lowest BCUT2D eigenvalue weighted by Crippen LogP contribution is -1.98. The average molecular weight is 244 g/mol. The van der Waals surface area contributed by atoms with Crippen molar-refractivity contribution < 1.29 is 4.92 Å². The van der Waals surface area contributed by atoms with Crippen molar-refractivity contribution in [2.45, 2.75) is 19.2 Å². The fourth-order valence-corrected chi connectivity index (χ4v) is 1.98. The number of hydrogen-bond acceptors (Lipinski definition) is 2. The van der Waals surface area contributed by atoms with E-state index in [-0.39, 0.29) is 10.6 Å². The van der Waals surface area contributed by atoms with Crippen molar-refractivity contribution in [2.24, 2.45) is 0 Å². The van der Waals surface area contributed by atoms with Crippen molar-refractivity contribution in [1.82, 2.24) is 0 Å². The van der Waals surface area contributed by atoms with Crippen LogP contribution in [0.3, 0.4) is 0 Å². The van der Waals surface area contributed by atoms with Crippen LogP contribution >= 0.6 is 15.9 Å². The lowest BCUT2D eigenvalue weighted by molar-refractivity contribution is -0.386. The molecule has 1 rings (SSSR count). The van der Waals surface area contributed by atoms with Gasteiger partial charge in [0.1, 0.15) is 0 Å². The van der Waals surface area contributed by atoms with Crippen LogP contribution in [0.4, 0.5) is 5.69 Å². The summed E-state index contributed by atoms with van der Waals surface area (Å²) in [6, 6.07) is 3.68. The molecule has 0 saturated heterocycles. The number of alkyl halides is 1. The van der Waals surface area contributed by atoms with Gasteiger partial charge in [-0.05, 0) is 19.4 Å². The number of nitro benzene ring substituents is 1. The smallest absolute Gasteiger partial charge is 0.258 e. The molecule has 0 unspecified atom stereocenters. The fourth-order valence-electron chi connectivity index (χ4n) is 1.28. The molecule has 0 spiro atoms. The molecule has 0 saturated carbocycles. The number of halogens is 1. The van der Waals surface area contributed by atoms with Crippen molar-refractivity contribution in [2.75, 3.05) is 0 Å². The van der Waals surface area contributed by atoms with Gasteiger partial charge in [-0.15, -0.1) is 0 Å². The highest BCUT2D eigenvalue weighted by molar-refractivity contribution is 9.08. The van der Waals surface area contributed by atoms with E-state index in [4.69, 9.17) is 0 Å². The van der Waals surface area contributed by atoms with Gasteiger partial charge >= 0.3 is 0 Å². The summed E-state index contributed by atoms with van der Waals surface area (Å²) in [7, 11) is 0. The third kappa shape index (κ3) is 1.88. The van der Waals surface area contributed by atoms with E-state index < -0.39 is 0 Å². The summed E-state index contributed by atoms with van der Waals surface area (Å²) in [5, 5.41) is 11.3. The van der Waals surface area contributed by atoms with Crippen LogP contribution in [0.1, 0.15) is 16.7 Å². The Morgan fingerprint density at radius 1 is 1.38 bits per heavy atom. The molecule has 0 N–H and O–H groups in total. The van der Waals surface area contributed by atoms with Crippen LogP contribution in [0.15, 0.2) is 12.1 Å². The molecule has 0 fully saturated rings. The Bertz CT molecular complexity index is 350. The first-order chi connectivity index (χ1) is 6.07. The molecule has 1 aromatic rings. The highest BCUT2D eigenvalue weighted by atomic mass is 79.9. The summed E-state index contributed by atoms with van der Waals surface area (Å²) < 4.78 is 0. The summed E-state index contributed by atoms with van der Waals surface area (Å²) in [5.74, 6) is 0. The predicted octanol–water partition coefficient (Wildman–Crippen LogP) is 3.11. The van der Waals surface area contributed by atoms with Crippen LogP contribution in [0, 0.1) is 24.0 Å². The molecule has 0 aromatic heterocycles. The van der Waals surface area contributed by atoms with Crippen LogP contribution in [-0.4, -0.2) is 4.92 Å². The Kier molecular flexibility index (Phi) is 3.03. The average Bonchev–Trinajstić information content (AvgIpc) is 2.07. The first-order valence-corrected chi connectivity index (χ1v) is 4.99. The second-order valence-corrected chi connectivity index (χ2v) is 3.48. The van der Waals surface area contributed by atoms with E-state index in [1.165, 1.54) is 0 Å². The lowest BCUT2D eigenvalue weighted by atomic mass is 10.0. The molecule has 3 nitrogen and oxygen atoms in total. The molecule has 0 heterocycles. The molecular weight excluding hydrogens is 234 g/mol. The van der Waals surface area contributed by atoms with E-state index >= 15 is 0 Å². The molecule has 4 heteroatoms. The van der Waals surface area contributed by atoms with Crippen molar-refractivity contribution in [3.63, 3.8) is 0 Å². The molecule has 0 atom stereocenters. The normalized spacial score (nSPS) is 10.1. The van der Waals surface area contributed by atoms with Gasteiger partial charge in [0.15, 0.2) is 0 Å².